The molecule has 0 bridgehead atoms. The van der Waals surface area contributed by atoms with E-state index in [-0.39, 0.29) is 11.9 Å². The maximum atomic E-state index is 11.8. The van der Waals surface area contributed by atoms with Gasteiger partial charge in [0.05, 0.1) is 12.5 Å². The van der Waals surface area contributed by atoms with Crippen LogP contribution >= 0.6 is 0 Å². The van der Waals surface area contributed by atoms with Crippen molar-refractivity contribution in [3.63, 3.8) is 0 Å². The van der Waals surface area contributed by atoms with Gasteiger partial charge >= 0.3 is 5.97 Å². The van der Waals surface area contributed by atoms with Crippen molar-refractivity contribution in [2.45, 2.75) is 84.2 Å². The van der Waals surface area contributed by atoms with E-state index in [1.807, 2.05) is 6.92 Å². The van der Waals surface area contributed by atoms with Crippen LogP contribution in [-0.4, -0.2) is 24.7 Å². The number of carbonyl (C=O) groups is 1. The molecule has 1 N–H and O–H groups in total. The van der Waals surface area contributed by atoms with E-state index in [2.05, 4.69) is 19.2 Å². The Balaban J connectivity index is 1.66. The molecule has 3 heteroatoms. The molecule has 3 nitrogen and oxygen atoms in total. The average molecular weight is 295 g/mol. The summed E-state index contributed by atoms with van der Waals surface area (Å²) in [4.78, 5) is 11.8. The van der Waals surface area contributed by atoms with E-state index in [4.69, 9.17) is 4.74 Å². The summed E-state index contributed by atoms with van der Waals surface area (Å²) < 4.78 is 5.14. The Kier molecular flexibility index (Phi) is 6.53. The first-order valence-electron chi connectivity index (χ1n) is 9.02. The van der Waals surface area contributed by atoms with Gasteiger partial charge in [0.25, 0.3) is 0 Å². The molecule has 0 aromatic carbocycles. The summed E-state index contributed by atoms with van der Waals surface area (Å²) in [6.07, 6.45) is 9.69. The van der Waals surface area contributed by atoms with Gasteiger partial charge in [-0.15, -0.1) is 0 Å². The molecule has 0 atom stereocenters. The van der Waals surface area contributed by atoms with Crippen molar-refractivity contribution < 1.29 is 9.53 Å². The maximum absolute atomic E-state index is 11.8. The Morgan fingerprint density at radius 2 is 1.52 bits per heavy atom. The predicted molar refractivity (Wildman–Crippen MR) is 86.1 cm³/mol. The van der Waals surface area contributed by atoms with Crippen LogP contribution in [0.5, 0.6) is 0 Å². The lowest BCUT2D eigenvalue weighted by Crippen LogP contribution is -2.43. The molecule has 0 spiro atoms. The monoisotopic (exact) mass is 295 g/mol. The molecule has 2 saturated carbocycles. The lowest BCUT2D eigenvalue weighted by molar-refractivity contribution is -0.149. The summed E-state index contributed by atoms with van der Waals surface area (Å²) in [5.41, 5.74) is 0. The fourth-order valence-electron chi connectivity index (χ4n) is 4.04. The van der Waals surface area contributed by atoms with Gasteiger partial charge in [-0.2, -0.15) is 0 Å². The van der Waals surface area contributed by atoms with Crippen molar-refractivity contribution in [1.29, 1.82) is 0 Å². The second-order valence-corrected chi connectivity index (χ2v) is 7.32. The number of ether oxygens (including phenoxy) is 1. The zero-order valence-corrected chi connectivity index (χ0v) is 14.1. The van der Waals surface area contributed by atoms with Gasteiger partial charge < -0.3 is 10.1 Å². The lowest BCUT2D eigenvalue weighted by atomic mass is 9.79. The quantitative estimate of drug-likeness (QED) is 0.781. The molecule has 2 fully saturated rings. The summed E-state index contributed by atoms with van der Waals surface area (Å²) >= 11 is 0. The molecule has 0 heterocycles. The number of rotatable bonds is 5. The Hall–Kier alpha value is -0.570. The smallest absolute Gasteiger partial charge is 0.308 e. The highest BCUT2D eigenvalue weighted by Crippen LogP contribution is 2.31. The topological polar surface area (TPSA) is 38.3 Å². The van der Waals surface area contributed by atoms with Gasteiger partial charge in [0.15, 0.2) is 0 Å². The van der Waals surface area contributed by atoms with Crippen molar-refractivity contribution >= 4 is 5.97 Å². The van der Waals surface area contributed by atoms with Gasteiger partial charge in [-0.3, -0.25) is 4.79 Å². The first-order chi connectivity index (χ1) is 10.1. The van der Waals surface area contributed by atoms with Gasteiger partial charge in [-0.1, -0.05) is 13.8 Å². The van der Waals surface area contributed by atoms with Crippen molar-refractivity contribution in [3.8, 4) is 0 Å². The second kappa shape index (κ2) is 8.17. The van der Waals surface area contributed by atoms with Crippen LogP contribution in [0.2, 0.25) is 0 Å². The lowest BCUT2D eigenvalue weighted by Gasteiger charge is -2.36. The summed E-state index contributed by atoms with van der Waals surface area (Å²) in [5.74, 6) is 1.95. The molecule has 0 amide bonds. The Labute approximate surface area is 130 Å². The minimum Gasteiger partial charge on any atom is -0.466 e. The third-order valence-corrected chi connectivity index (χ3v) is 5.53. The third-order valence-electron chi connectivity index (χ3n) is 5.53. The Bertz CT molecular complexity index is 313. The fraction of sp³-hybridized carbons (Fsp3) is 0.944. The molecule has 2 rings (SSSR count). The molecular formula is C18H33NO2. The van der Waals surface area contributed by atoms with Crippen molar-refractivity contribution in [3.05, 3.63) is 0 Å². The molecule has 2 aliphatic rings. The number of carbonyl (C=O) groups excluding carboxylic acids is 1. The van der Waals surface area contributed by atoms with Crippen LogP contribution in [0.15, 0.2) is 0 Å². The first-order valence-corrected chi connectivity index (χ1v) is 9.02. The molecule has 21 heavy (non-hydrogen) atoms. The highest BCUT2D eigenvalue weighted by atomic mass is 16.5. The van der Waals surface area contributed by atoms with Gasteiger partial charge in [0.2, 0.25) is 0 Å². The molecular weight excluding hydrogens is 262 g/mol. The van der Waals surface area contributed by atoms with Crippen LogP contribution in [0.4, 0.5) is 0 Å². The van der Waals surface area contributed by atoms with E-state index in [0.29, 0.717) is 18.7 Å². The average Bonchev–Trinajstić information content (AvgIpc) is 2.49. The standard InChI is InChI=1S/C18H33NO2/c1-4-21-18(20)15-7-11-17(12-8-15)19-16-9-5-14(6-10-16)13(2)3/h13-17,19H,4-12H2,1-3H3. The molecule has 0 aromatic heterocycles. The molecule has 122 valence electrons. The molecule has 0 unspecified atom stereocenters. The summed E-state index contributed by atoms with van der Waals surface area (Å²) in [5, 5.41) is 3.86. The summed E-state index contributed by atoms with van der Waals surface area (Å²) in [7, 11) is 0. The number of hydrogen-bond acceptors (Lipinski definition) is 3. The molecule has 0 radical (unpaired) electrons. The zero-order valence-electron chi connectivity index (χ0n) is 14.1. The van der Waals surface area contributed by atoms with Crippen LogP contribution in [-0.2, 0) is 9.53 Å². The summed E-state index contributed by atoms with van der Waals surface area (Å²) in [6, 6.07) is 1.33. The molecule has 0 aliphatic heterocycles. The summed E-state index contributed by atoms with van der Waals surface area (Å²) in [6.45, 7) is 7.11. The van der Waals surface area contributed by atoms with Crippen LogP contribution < -0.4 is 5.32 Å². The zero-order chi connectivity index (χ0) is 15.2. The highest BCUT2D eigenvalue weighted by molar-refractivity contribution is 5.72. The largest absolute Gasteiger partial charge is 0.466 e. The van der Waals surface area contributed by atoms with Crippen molar-refractivity contribution in [2.75, 3.05) is 6.61 Å². The molecule has 0 aromatic rings. The van der Waals surface area contributed by atoms with Gasteiger partial charge in [0, 0.05) is 12.1 Å². The van der Waals surface area contributed by atoms with Gasteiger partial charge in [-0.05, 0) is 70.1 Å². The second-order valence-electron chi connectivity index (χ2n) is 7.32. The third kappa shape index (κ3) is 4.98. The van der Waals surface area contributed by atoms with Crippen LogP contribution in [0.25, 0.3) is 0 Å². The van der Waals surface area contributed by atoms with Crippen LogP contribution in [0.3, 0.4) is 0 Å². The van der Waals surface area contributed by atoms with Crippen LogP contribution in [0, 0.1) is 17.8 Å². The van der Waals surface area contributed by atoms with Gasteiger partial charge in [0.1, 0.15) is 0 Å². The maximum Gasteiger partial charge on any atom is 0.308 e. The first kappa shape index (κ1) is 16.8. The van der Waals surface area contributed by atoms with E-state index in [9.17, 15) is 4.79 Å². The van der Waals surface area contributed by atoms with E-state index in [0.717, 1.165) is 37.5 Å². The SMILES string of the molecule is CCOC(=O)C1CCC(NC2CCC(C(C)C)CC2)CC1. The Morgan fingerprint density at radius 3 is 2.00 bits per heavy atom. The van der Waals surface area contributed by atoms with Crippen molar-refractivity contribution in [2.24, 2.45) is 17.8 Å². The number of esters is 1. The van der Waals surface area contributed by atoms with E-state index in [1.165, 1.54) is 25.7 Å². The van der Waals surface area contributed by atoms with E-state index < -0.39 is 0 Å². The number of hydrogen-bond donors (Lipinski definition) is 1. The van der Waals surface area contributed by atoms with Gasteiger partial charge in [-0.25, -0.2) is 0 Å². The molecule has 0 saturated heterocycles. The Morgan fingerprint density at radius 1 is 1.00 bits per heavy atom. The minimum atomic E-state index is 0.0217. The number of nitrogens with one attached hydrogen (secondary N) is 1. The van der Waals surface area contributed by atoms with Crippen molar-refractivity contribution in [1.82, 2.24) is 5.32 Å². The fourth-order valence-corrected chi connectivity index (χ4v) is 4.04. The predicted octanol–water partition coefficient (Wildman–Crippen LogP) is 3.91. The minimum absolute atomic E-state index is 0.0217. The normalized spacial score (nSPS) is 33.9. The molecule has 2 aliphatic carbocycles. The van der Waals surface area contributed by atoms with E-state index >= 15 is 0 Å². The highest BCUT2D eigenvalue weighted by Gasteiger charge is 2.29. The van der Waals surface area contributed by atoms with Crippen LogP contribution in [0.1, 0.15) is 72.1 Å². The van der Waals surface area contributed by atoms with E-state index in [1.54, 1.807) is 0 Å².